The van der Waals surface area contributed by atoms with Gasteiger partial charge in [0.15, 0.2) is 0 Å². The molecule has 0 spiro atoms. The van der Waals surface area contributed by atoms with E-state index in [1.165, 1.54) is 18.3 Å². The number of hydrogen-bond donors (Lipinski definition) is 3. The number of hydrazone groups is 1. The van der Waals surface area contributed by atoms with Crippen LogP contribution in [0.25, 0.3) is 0 Å². The van der Waals surface area contributed by atoms with Gasteiger partial charge in [0.05, 0.1) is 17.8 Å². The van der Waals surface area contributed by atoms with Gasteiger partial charge in [-0.1, -0.05) is 40.9 Å². The van der Waals surface area contributed by atoms with Gasteiger partial charge in [-0.3, -0.25) is 4.79 Å². The summed E-state index contributed by atoms with van der Waals surface area (Å²) in [6, 6.07) is 10.6. The highest BCUT2D eigenvalue weighted by Crippen LogP contribution is 2.29. The Morgan fingerprint density at radius 1 is 1.26 bits per heavy atom. The van der Waals surface area contributed by atoms with Gasteiger partial charge in [-0.05, 0) is 31.2 Å². The Balaban J connectivity index is 1.88. The van der Waals surface area contributed by atoms with Crippen LogP contribution in [0.1, 0.15) is 11.1 Å². The molecule has 0 radical (unpaired) electrons. The van der Waals surface area contributed by atoms with E-state index in [1.807, 2.05) is 31.2 Å². The minimum absolute atomic E-state index is 0.0721. The number of nitrogens with zero attached hydrogens (tertiary/aromatic N) is 1. The van der Waals surface area contributed by atoms with Crippen molar-refractivity contribution in [2.45, 2.75) is 6.92 Å². The summed E-state index contributed by atoms with van der Waals surface area (Å²) in [5.74, 6) is -0.471. The van der Waals surface area contributed by atoms with Crippen molar-refractivity contribution in [3.05, 3.63) is 57.6 Å². The molecule has 0 aromatic heterocycles. The third-order valence-corrected chi connectivity index (χ3v) is 3.46. The number of hydrogen-bond acceptors (Lipinski definition) is 4. The van der Waals surface area contributed by atoms with Crippen molar-refractivity contribution in [2.24, 2.45) is 5.10 Å². The van der Waals surface area contributed by atoms with E-state index in [2.05, 4.69) is 15.8 Å². The Kier molecular flexibility index (Phi) is 5.84. The van der Waals surface area contributed by atoms with E-state index in [1.54, 1.807) is 0 Å². The Morgan fingerprint density at radius 2 is 1.96 bits per heavy atom. The van der Waals surface area contributed by atoms with Crippen LogP contribution < -0.4 is 10.7 Å². The first-order chi connectivity index (χ1) is 11.0. The van der Waals surface area contributed by atoms with Gasteiger partial charge in [0.2, 0.25) is 0 Å². The van der Waals surface area contributed by atoms with Crippen LogP contribution in [0.2, 0.25) is 10.0 Å². The zero-order chi connectivity index (χ0) is 16.8. The lowest BCUT2D eigenvalue weighted by Crippen LogP contribution is -2.25. The summed E-state index contributed by atoms with van der Waals surface area (Å²) >= 11 is 11.6. The maximum Gasteiger partial charge on any atom is 0.259 e. The van der Waals surface area contributed by atoms with Crippen molar-refractivity contribution in [1.82, 2.24) is 5.43 Å². The van der Waals surface area contributed by atoms with Crippen molar-refractivity contribution >= 4 is 41.0 Å². The zero-order valence-electron chi connectivity index (χ0n) is 12.3. The first-order valence-corrected chi connectivity index (χ1v) is 7.52. The molecule has 2 aromatic carbocycles. The molecule has 0 saturated heterocycles. The third-order valence-electron chi connectivity index (χ3n) is 2.96. The maximum absolute atomic E-state index is 11.7. The third kappa shape index (κ3) is 5.16. The van der Waals surface area contributed by atoms with Gasteiger partial charge in [0.1, 0.15) is 5.75 Å². The van der Waals surface area contributed by atoms with Crippen LogP contribution in [0.5, 0.6) is 5.75 Å². The second-order valence-corrected chi connectivity index (χ2v) is 5.68. The highest BCUT2D eigenvalue weighted by atomic mass is 35.5. The van der Waals surface area contributed by atoms with E-state index >= 15 is 0 Å². The molecule has 0 fully saturated rings. The zero-order valence-corrected chi connectivity index (χ0v) is 13.8. The quantitative estimate of drug-likeness (QED) is 0.569. The molecule has 5 nitrogen and oxygen atoms in total. The molecule has 2 aromatic rings. The number of carbonyl (C=O) groups is 1. The molecule has 120 valence electrons. The molecule has 0 heterocycles. The molecule has 0 saturated carbocycles. The summed E-state index contributed by atoms with van der Waals surface area (Å²) in [5, 5.41) is 17.0. The SMILES string of the molecule is Cc1ccc(NCC(=O)N/N=C/c2cc(Cl)cc(Cl)c2O)cc1. The molecule has 0 atom stereocenters. The van der Waals surface area contributed by atoms with Gasteiger partial charge >= 0.3 is 0 Å². The van der Waals surface area contributed by atoms with E-state index in [0.29, 0.717) is 10.6 Å². The maximum atomic E-state index is 11.7. The number of aromatic hydroxyl groups is 1. The van der Waals surface area contributed by atoms with Crippen molar-refractivity contribution in [3.63, 3.8) is 0 Å². The normalized spacial score (nSPS) is 10.7. The fourth-order valence-electron chi connectivity index (χ4n) is 1.75. The standard InChI is InChI=1S/C16H15Cl2N3O2/c1-10-2-4-13(5-3-10)19-9-15(22)21-20-8-11-6-12(17)7-14(18)16(11)23/h2-8,19,23H,9H2,1H3,(H,21,22)/b20-8+. The highest BCUT2D eigenvalue weighted by molar-refractivity contribution is 6.36. The van der Waals surface area contributed by atoms with Crippen LogP contribution in [-0.4, -0.2) is 23.8 Å². The molecular formula is C16H15Cl2N3O2. The van der Waals surface area contributed by atoms with Crippen molar-refractivity contribution in [1.29, 1.82) is 0 Å². The number of anilines is 1. The molecule has 23 heavy (non-hydrogen) atoms. The molecule has 0 aliphatic heterocycles. The predicted molar refractivity (Wildman–Crippen MR) is 93.5 cm³/mol. The molecule has 3 N–H and O–H groups in total. The summed E-state index contributed by atoms with van der Waals surface area (Å²) in [6.45, 7) is 2.06. The number of benzene rings is 2. The average molecular weight is 352 g/mol. The number of halogens is 2. The summed E-state index contributed by atoms with van der Waals surface area (Å²) in [5.41, 5.74) is 4.65. The molecule has 0 aliphatic rings. The molecular weight excluding hydrogens is 337 g/mol. The predicted octanol–water partition coefficient (Wildman–Crippen LogP) is 3.57. The van der Waals surface area contributed by atoms with Crippen molar-refractivity contribution in [2.75, 3.05) is 11.9 Å². The van der Waals surface area contributed by atoms with Gasteiger partial charge in [-0.25, -0.2) is 5.43 Å². The molecule has 0 aliphatic carbocycles. The Hall–Kier alpha value is -2.24. The van der Waals surface area contributed by atoms with E-state index in [-0.39, 0.29) is 23.2 Å². The van der Waals surface area contributed by atoms with Crippen molar-refractivity contribution < 1.29 is 9.90 Å². The number of nitrogens with one attached hydrogen (secondary N) is 2. The Labute approximate surface area is 143 Å². The van der Waals surface area contributed by atoms with Gasteiger partial charge in [0.25, 0.3) is 5.91 Å². The molecule has 0 bridgehead atoms. The van der Waals surface area contributed by atoms with Crippen LogP contribution >= 0.6 is 23.2 Å². The number of amides is 1. The van der Waals surface area contributed by atoms with Gasteiger partial charge < -0.3 is 10.4 Å². The van der Waals surface area contributed by atoms with E-state index in [0.717, 1.165) is 11.3 Å². The first-order valence-electron chi connectivity index (χ1n) is 6.76. The fraction of sp³-hybridized carbons (Fsp3) is 0.125. The minimum Gasteiger partial charge on any atom is -0.506 e. The van der Waals surface area contributed by atoms with Gasteiger partial charge in [-0.15, -0.1) is 0 Å². The largest absolute Gasteiger partial charge is 0.506 e. The van der Waals surface area contributed by atoms with E-state index in [4.69, 9.17) is 23.2 Å². The van der Waals surface area contributed by atoms with Crippen LogP contribution in [-0.2, 0) is 4.79 Å². The topological polar surface area (TPSA) is 73.7 Å². The van der Waals surface area contributed by atoms with Crippen molar-refractivity contribution in [3.8, 4) is 5.75 Å². The molecule has 1 amide bonds. The van der Waals surface area contributed by atoms with Gasteiger partial charge in [-0.2, -0.15) is 5.10 Å². The monoisotopic (exact) mass is 351 g/mol. The Morgan fingerprint density at radius 3 is 2.65 bits per heavy atom. The van der Waals surface area contributed by atoms with Gasteiger partial charge in [0, 0.05) is 16.3 Å². The van der Waals surface area contributed by atoms with E-state index < -0.39 is 0 Å². The average Bonchev–Trinajstić information content (AvgIpc) is 2.51. The summed E-state index contributed by atoms with van der Waals surface area (Å²) in [6.07, 6.45) is 1.27. The van der Waals surface area contributed by atoms with Crippen LogP contribution in [0, 0.1) is 6.92 Å². The lowest BCUT2D eigenvalue weighted by atomic mass is 10.2. The van der Waals surface area contributed by atoms with E-state index in [9.17, 15) is 9.90 Å². The summed E-state index contributed by atoms with van der Waals surface area (Å²) < 4.78 is 0. The highest BCUT2D eigenvalue weighted by Gasteiger charge is 2.06. The number of aryl methyl sites for hydroxylation is 1. The van der Waals surface area contributed by atoms with Crippen LogP contribution in [0.4, 0.5) is 5.69 Å². The number of phenolic OH excluding ortho intramolecular Hbond substituents is 1. The summed E-state index contributed by atoms with van der Waals surface area (Å²) in [4.78, 5) is 11.7. The van der Waals surface area contributed by atoms with Crippen LogP contribution in [0.3, 0.4) is 0 Å². The van der Waals surface area contributed by atoms with Crippen LogP contribution in [0.15, 0.2) is 41.5 Å². The fourth-order valence-corrected chi connectivity index (χ4v) is 2.26. The molecule has 2 rings (SSSR count). The lowest BCUT2D eigenvalue weighted by Gasteiger charge is -2.05. The number of phenols is 1. The number of carbonyl (C=O) groups excluding carboxylic acids is 1. The number of rotatable bonds is 5. The first kappa shape index (κ1) is 17.1. The lowest BCUT2D eigenvalue weighted by molar-refractivity contribution is -0.119. The second kappa shape index (κ2) is 7.85. The Bertz CT molecular complexity index is 731. The minimum atomic E-state index is -0.325. The molecule has 0 unspecified atom stereocenters. The smallest absolute Gasteiger partial charge is 0.259 e. The summed E-state index contributed by atoms with van der Waals surface area (Å²) in [7, 11) is 0. The molecule has 7 heteroatoms. The second-order valence-electron chi connectivity index (χ2n) is 4.84.